The van der Waals surface area contributed by atoms with Gasteiger partial charge in [0.05, 0.1) is 6.04 Å². The number of aryl methyl sites for hydroxylation is 3. The van der Waals surface area contributed by atoms with Crippen molar-refractivity contribution in [1.29, 1.82) is 0 Å². The molecule has 110 valence electrons. The van der Waals surface area contributed by atoms with Crippen LogP contribution in [0.1, 0.15) is 46.2 Å². The van der Waals surface area contributed by atoms with Gasteiger partial charge < -0.3 is 0 Å². The molecule has 0 spiro atoms. The molecule has 0 aliphatic heterocycles. The van der Waals surface area contributed by atoms with Crippen LogP contribution in [0.3, 0.4) is 0 Å². The SMILES string of the molecule is Cc1cc(C)c(C(NN)C2CCc3ccccc32)c(F)c1. The van der Waals surface area contributed by atoms with E-state index < -0.39 is 0 Å². The van der Waals surface area contributed by atoms with E-state index in [4.69, 9.17) is 5.84 Å². The average molecular weight is 284 g/mol. The van der Waals surface area contributed by atoms with Gasteiger partial charge >= 0.3 is 0 Å². The van der Waals surface area contributed by atoms with Gasteiger partial charge in [0.1, 0.15) is 5.82 Å². The van der Waals surface area contributed by atoms with Crippen molar-refractivity contribution in [1.82, 2.24) is 5.43 Å². The first-order valence-corrected chi connectivity index (χ1v) is 7.42. The maximum Gasteiger partial charge on any atom is 0.128 e. The predicted octanol–water partition coefficient (Wildman–Crippen LogP) is 3.68. The van der Waals surface area contributed by atoms with E-state index in [-0.39, 0.29) is 17.8 Å². The quantitative estimate of drug-likeness (QED) is 0.666. The Kier molecular flexibility index (Phi) is 3.79. The van der Waals surface area contributed by atoms with Crippen LogP contribution in [0.2, 0.25) is 0 Å². The van der Waals surface area contributed by atoms with E-state index in [0.717, 1.165) is 24.0 Å². The maximum atomic E-state index is 14.5. The number of hydrazine groups is 1. The van der Waals surface area contributed by atoms with Crippen LogP contribution in [0.15, 0.2) is 36.4 Å². The molecule has 2 aromatic rings. The van der Waals surface area contributed by atoms with Crippen molar-refractivity contribution in [2.75, 3.05) is 0 Å². The number of rotatable bonds is 3. The van der Waals surface area contributed by atoms with Gasteiger partial charge in [0.15, 0.2) is 0 Å². The molecule has 0 saturated heterocycles. The fourth-order valence-corrected chi connectivity index (χ4v) is 3.66. The summed E-state index contributed by atoms with van der Waals surface area (Å²) in [6.07, 6.45) is 2.03. The number of hydrogen-bond acceptors (Lipinski definition) is 2. The molecule has 0 amide bonds. The summed E-state index contributed by atoms with van der Waals surface area (Å²) in [5.41, 5.74) is 8.11. The van der Waals surface area contributed by atoms with Crippen LogP contribution in [-0.2, 0) is 6.42 Å². The molecule has 3 N–H and O–H groups in total. The van der Waals surface area contributed by atoms with Gasteiger partial charge in [-0.05, 0) is 55.0 Å². The Morgan fingerprint density at radius 1 is 1.24 bits per heavy atom. The van der Waals surface area contributed by atoms with E-state index >= 15 is 0 Å². The minimum absolute atomic E-state index is 0.167. The molecule has 2 nitrogen and oxygen atoms in total. The Bertz CT molecular complexity index is 643. The second kappa shape index (κ2) is 5.58. The molecule has 0 fully saturated rings. The maximum absolute atomic E-state index is 14.5. The van der Waals surface area contributed by atoms with Gasteiger partial charge in [-0.2, -0.15) is 0 Å². The Hall–Kier alpha value is -1.71. The highest BCUT2D eigenvalue weighted by Gasteiger charge is 2.32. The standard InChI is InChI=1S/C18H21FN2/c1-11-9-12(2)17(16(19)10-11)18(21-20)15-8-7-13-5-3-4-6-14(13)15/h3-6,9-10,15,18,21H,7-8,20H2,1-2H3. The van der Waals surface area contributed by atoms with Crippen LogP contribution in [0.5, 0.6) is 0 Å². The Morgan fingerprint density at radius 3 is 2.71 bits per heavy atom. The number of fused-ring (bicyclic) bond motifs is 1. The Balaban J connectivity index is 2.05. The molecule has 21 heavy (non-hydrogen) atoms. The first kappa shape index (κ1) is 14.2. The normalized spacial score (nSPS) is 18.6. The third kappa shape index (κ3) is 2.47. The number of nitrogens with one attached hydrogen (secondary N) is 1. The Labute approximate surface area is 125 Å². The van der Waals surface area contributed by atoms with Crippen molar-refractivity contribution in [2.45, 2.75) is 38.6 Å². The second-order valence-electron chi connectivity index (χ2n) is 5.97. The van der Waals surface area contributed by atoms with Gasteiger partial charge in [-0.25, -0.2) is 4.39 Å². The van der Waals surface area contributed by atoms with E-state index in [1.54, 1.807) is 6.07 Å². The average Bonchev–Trinajstić information content (AvgIpc) is 2.86. The van der Waals surface area contributed by atoms with Crippen molar-refractivity contribution in [2.24, 2.45) is 5.84 Å². The molecule has 0 bridgehead atoms. The lowest BCUT2D eigenvalue weighted by Crippen LogP contribution is -2.33. The molecule has 0 heterocycles. The lowest BCUT2D eigenvalue weighted by Gasteiger charge is -2.26. The van der Waals surface area contributed by atoms with Crippen molar-refractivity contribution >= 4 is 0 Å². The number of halogens is 1. The summed E-state index contributed by atoms with van der Waals surface area (Å²) < 4.78 is 14.5. The predicted molar refractivity (Wildman–Crippen MR) is 83.4 cm³/mol. The van der Waals surface area contributed by atoms with Crippen molar-refractivity contribution in [3.05, 3.63) is 70.0 Å². The molecule has 2 atom stereocenters. The van der Waals surface area contributed by atoms with Gasteiger partial charge in [0, 0.05) is 11.5 Å². The van der Waals surface area contributed by atoms with Crippen molar-refractivity contribution < 1.29 is 4.39 Å². The van der Waals surface area contributed by atoms with E-state index in [0.29, 0.717) is 5.56 Å². The molecule has 0 radical (unpaired) electrons. The van der Waals surface area contributed by atoms with Gasteiger partial charge in [0.2, 0.25) is 0 Å². The van der Waals surface area contributed by atoms with Crippen molar-refractivity contribution in [3.63, 3.8) is 0 Å². The fraction of sp³-hybridized carbons (Fsp3) is 0.333. The largest absolute Gasteiger partial charge is 0.271 e. The lowest BCUT2D eigenvalue weighted by atomic mass is 9.86. The lowest BCUT2D eigenvalue weighted by molar-refractivity contribution is 0.431. The summed E-state index contributed by atoms with van der Waals surface area (Å²) in [5.74, 6) is 5.86. The number of hydrogen-bond donors (Lipinski definition) is 2. The van der Waals surface area contributed by atoms with Crippen LogP contribution in [-0.4, -0.2) is 0 Å². The van der Waals surface area contributed by atoms with Crippen LogP contribution >= 0.6 is 0 Å². The molecular formula is C18H21FN2. The summed E-state index contributed by atoms with van der Waals surface area (Å²) in [5, 5.41) is 0. The second-order valence-corrected chi connectivity index (χ2v) is 5.97. The summed E-state index contributed by atoms with van der Waals surface area (Å²) >= 11 is 0. The zero-order chi connectivity index (χ0) is 15.0. The summed E-state index contributed by atoms with van der Waals surface area (Å²) in [6, 6.07) is 11.8. The molecule has 2 unspecified atom stereocenters. The highest BCUT2D eigenvalue weighted by Crippen LogP contribution is 2.42. The molecule has 1 aliphatic rings. The smallest absolute Gasteiger partial charge is 0.128 e. The highest BCUT2D eigenvalue weighted by atomic mass is 19.1. The number of benzene rings is 2. The van der Waals surface area contributed by atoms with Crippen molar-refractivity contribution in [3.8, 4) is 0 Å². The molecule has 3 heteroatoms. The van der Waals surface area contributed by atoms with E-state index in [9.17, 15) is 4.39 Å². The van der Waals surface area contributed by atoms with Gasteiger partial charge in [0.25, 0.3) is 0 Å². The first-order chi connectivity index (χ1) is 10.1. The van der Waals surface area contributed by atoms with E-state index in [2.05, 4.69) is 23.6 Å². The van der Waals surface area contributed by atoms with E-state index in [1.165, 1.54) is 11.1 Å². The molecule has 0 aromatic heterocycles. The molecule has 1 aliphatic carbocycles. The van der Waals surface area contributed by atoms with E-state index in [1.807, 2.05) is 26.0 Å². The topological polar surface area (TPSA) is 38.0 Å². The van der Waals surface area contributed by atoms with Gasteiger partial charge in [-0.15, -0.1) is 0 Å². The zero-order valence-corrected chi connectivity index (χ0v) is 12.5. The zero-order valence-electron chi connectivity index (χ0n) is 12.5. The third-order valence-corrected chi connectivity index (χ3v) is 4.55. The first-order valence-electron chi connectivity index (χ1n) is 7.42. The fourth-order valence-electron chi connectivity index (χ4n) is 3.66. The van der Waals surface area contributed by atoms with Gasteiger partial charge in [-0.3, -0.25) is 11.3 Å². The minimum atomic E-state index is -0.186. The van der Waals surface area contributed by atoms with Crippen LogP contribution < -0.4 is 11.3 Å². The summed E-state index contributed by atoms with van der Waals surface area (Å²) in [4.78, 5) is 0. The Morgan fingerprint density at radius 2 is 2.00 bits per heavy atom. The summed E-state index contributed by atoms with van der Waals surface area (Å²) in [6.45, 7) is 3.87. The molecule has 0 saturated carbocycles. The molecule has 2 aromatic carbocycles. The summed E-state index contributed by atoms with van der Waals surface area (Å²) in [7, 11) is 0. The highest BCUT2D eigenvalue weighted by molar-refractivity contribution is 5.41. The molecular weight excluding hydrogens is 263 g/mol. The molecule has 3 rings (SSSR count). The van der Waals surface area contributed by atoms with Crippen LogP contribution in [0.25, 0.3) is 0 Å². The van der Waals surface area contributed by atoms with Crippen LogP contribution in [0.4, 0.5) is 4.39 Å². The number of nitrogens with two attached hydrogens (primary N) is 1. The monoisotopic (exact) mass is 284 g/mol. The third-order valence-electron chi connectivity index (χ3n) is 4.55. The van der Waals surface area contributed by atoms with Crippen LogP contribution in [0, 0.1) is 19.7 Å². The van der Waals surface area contributed by atoms with Gasteiger partial charge in [-0.1, -0.05) is 30.3 Å². The minimum Gasteiger partial charge on any atom is -0.271 e.